The van der Waals surface area contributed by atoms with Crippen LogP contribution < -0.4 is 10.6 Å². The fraction of sp³-hybridized carbons (Fsp3) is 0.600. The van der Waals surface area contributed by atoms with Gasteiger partial charge in [0, 0.05) is 37.4 Å². The molecule has 1 aromatic carbocycles. The van der Waals surface area contributed by atoms with E-state index in [-0.39, 0.29) is 11.4 Å². The maximum Gasteiger partial charge on any atom is 0.123 e. The van der Waals surface area contributed by atoms with Crippen LogP contribution in [0.1, 0.15) is 20.3 Å². The summed E-state index contributed by atoms with van der Waals surface area (Å²) in [6.07, 6.45) is 1.02. The summed E-state index contributed by atoms with van der Waals surface area (Å²) >= 11 is 0. The molecule has 0 radical (unpaired) electrons. The first-order chi connectivity index (χ1) is 9.03. The van der Waals surface area contributed by atoms with E-state index in [1.165, 1.54) is 12.1 Å². The number of hydrogen-bond acceptors (Lipinski definition) is 3. The summed E-state index contributed by atoms with van der Waals surface area (Å²) < 4.78 is 12.9. The maximum atomic E-state index is 12.9. The normalized spacial score (nSPS) is 17.8. The van der Waals surface area contributed by atoms with Crippen LogP contribution >= 0.6 is 0 Å². The molecule has 2 N–H and O–H groups in total. The molecule has 19 heavy (non-hydrogen) atoms. The second kappa shape index (κ2) is 5.88. The molecule has 106 valence electrons. The van der Waals surface area contributed by atoms with Gasteiger partial charge < -0.3 is 10.6 Å². The summed E-state index contributed by atoms with van der Waals surface area (Å²) in [4.78, 5) is 4.81. The smallest absolute Gasteiger partial charge is 0.123 e. The Bertz CT molecular complexity index is 394. The molecule has 1 aliphatic rings. The van der Waals surface area contributed by atoms with Crippen LogP contribution in [0.25, 0.3) is 0 Å². The van der Waals surface area contributed by atoms with Crippen molar-refractivity contribution in [2.45, 2.75) is 25.8 Å². The third-order valence-corrected chi connectivity index (χ3v) is 4.08. The molecule has 0 amide bonds. The Balaban J connectivity index is 1.94. The molecule has 0 aromatic heterocycles. The van der Waals surface area contributed by atoms with Crippen molar-refractivity contribution in [3.05, 3.63) is 30.1 Å². The highest BCUT2D eigenvalue weighted by Gasteiger charge is 2.29. The summed E-state index contributed by atoms with van der Waals surface area (Å²) in [6, 6.07) is 6.77. The van der Waals surface area contributed by atoms with Gasteiger partial charge in [-0.3, -0.25) is 4.90 Å². The molecule has 1 aliphatic heterocycles. The molecule has 1 fully saturated rings. The van der Waals surface area contributed by atoms with Gasteiger partial charge in [-0.1, -0.05) is 0 Å². The SMILES string of the molecule is CC(C)(CCN)N1CCN(c2ccc(F)cc2)CC1. The van der Waals surface area contributed by atoms with E-state index in [0.717, 1.165) is 44.8 Å². The Morgan fingerprint density at radius 1 is 1.11 bits per heavy atom. The van der Waals surface area contributed by atoms with Crippen LogP contribution in [0.5, 0.6) is 0 Å². The van der Waals surface area contributed by atoms with Gasteiger partial charge in [0.05, 0.1) is 0 Å². The minimum atomic E-state index is -0.175. The molecule has 1 saturated heterocycles. The minimum Gasteiger partial charge on any atom is -0.369 e. The van der Waals surface area contributed by atoms with Crippen LogP contribution in [-0.4, -0.2) is 43.2 Å². The molecule has 0 unspecified atom stereocenters. The van der Waals surface area contributed by atoms with Crippen molar-refractivity contribution in [1.82, 2.24) is 4.90 Å². The third kappa shape index (κ3) is 3.45. The van der Waals surface area contributed by atoms with Gasteiger partial charge >= 0.3 is 0 Å². The molecule has 0 spiro atoms. The number of benzene rings is 1. The highest BCUT2D eigenvalue weighted by Crippen LogP contribution is 2.23. The van der Waals surface area contributed by atoms with Crippen LogP contribution in [0.2, 0.25) is 0 Å². The lowest BCUT2D eigenvalue weighted by Gasteiger charge is -2.44. The van der Waals surface area contributed by atoms with Gasteiger partial charge in [0.2, 0.25) is 0 Å². The van der Waals surface area contributed by atoms with E-state index in [2.05, 4.69) is 23.6 Å². The first-order valence-electron chi connectivity index (χ1n) is 6.98. The Kier molecular flexibility index (Phi) is 4.42. The van der Waals surface area contributed by atoms with Gasteiger partial charge in [-0.25, -0.2) is 4.39 Å². The van der Waals surface area contributed by atoms with Crippen molar-refractivity contribution in [3.63, 3.8) is 0 Å². The predicted molar refractivity (Wildman–Crippen MR) is 77.9 cm³/mol. The average molecular weight is 265 g/mol. The number of rotatable bonds is 4. The molecule has 0 bridgehead atoms. The van der Waals surface area contributed by atoms with E-state index in [1.807, 2.05) is 12.1 Å². The zero-order valence-electron chi connectivity index (χ0n) is 11.9. The monoisotopic (exact) mass is 265 g/mol. The van der Waals surface area contributed by atoms with Gasteiger partial charge in [0.25, 0.3) is 0 Å². The topological polar surface area (TPSA) is 32.5 Å². The molecule has 0 saturated carbocycles. The Hall–Kier alpha value is -1.13. The standard InChI is InChI=1S/C15H24FN3/c1-15(2,7-8-17)19-11-9-18(10-12-19)14-5-3-13(16)4-6-14/h3-6H,7-12,17H2,1-2H3. The van der Waals surface area contributed by atoms with Crippen molar-refractivity contribution in [2.24, 2.45) is 5.73 Å². The lowest BCUT2D eigenvalue weighted by Crippen LogP contribution is -2.55. The average Bonchev–Trinajstić information content (AvgIpc) is 2.40. The van der Waals surface area contributed by atoms with E-state index in [9.17, 15) is 4.39 Å². The molecule has 0 aliphatic carbocycles. The van der Waals surface area contributed by atoms with Crippen molar-refractivity contribution in [2.75, 3.05) is 37.6 Å². The van der Waals surface area contributed by atoms with Crippen LogP contribution in [0.4, 0.5) is 10.1 Å². The lowest BCUT2D eigenvalue weighted by molar-refractivity contribution is 0.106. The highest BCUT2D eigenvalue weighted by atomic mass is 19.1. The second-order valence-electron chi connectivity index (χ2n) is 5.80. The molecule has 1 aromatic rings. The van der Waals surface area contributed by atoms with Crippen LogP contribution in [-0.2, 0) is 0 Å². The number of anilines is 1. The fourth-order valence-electron chi connectivity index (χ4n) is 2.73. The molecule has 0 atom stereocenters. The Morgan fingerprint density at radius 3 is 2.21 bits per heavy atom. The minimum absolute atomic E-state index is 0.170. The van der Waals surface area contributed by atoms with Crippen molar-refractivity contribution in [1.29, 1.82) is 0 Å². The van der Waals surface area contributed by atoms with Gasteiger partial charge in [-0.15, -0.1) is 0 Å². The Morgan fingerprint density at radius 2 is 1.68 bits per heavy atom. The van der Waals surface area contributed by atoms with Crippen LogP contribution in [0.3, 0.4) is 0 Å². The van der Waals surface area contributed by atoms with Crippen molar-refractivity contribution in [3.8, 4) is 0 Å². The predicted octanol–water partition coefficient (Wildman–Crippen LogP) is 2.08. The van der Waals surface area contributed by atoms with E-state index >= 15 is 0 Å². The van der Waals surface area contributed by atoms with Gasteiger partial charge in [0.1, 0.15) is 5.82 Å². The van der Waals surface area contributed by atoms with Crippen LogP contribution in [0.15, 0.2) is 24.3 Å². The van der Waals surface area contributed by atoms with Crippen LogP contribution in [0, 0.1) is 5.82 Å². The largest absolute Gasteiger partial charge is 0.369 e. The zero-order valence-corrected chi connectivity index (χ0v) is 11.9. The van der Waals surface area contributed by atoms with E-state index < -0.39 is 0 Å². The van der Waals surface area contributed by atoms with Crippen molar-refractivity contribution >= 4 is 5.69 Å². The first kappa shape index (κ1) is 14.3. The van der Waals surface area contributed by atoms with Gasteiger partial charge in [0.15, 0.2) is 0 Å². The zero-order chi connectivity index (χ0) is 13.9. The quantitative estimate of drug-likeness (QED) is 0.904. The molecular weight excluding hydrogens is 241 g/mol. The number of hydrogen-bond donors (Lipinski definition) is 1. The lowest BCUT2D eigenvalue weighted by atomic mass is 9.97. The summed E-state index contributed by atoms with van der Waals surface area (Å²) in [5.74, 6) is -0.175. The molecule has 4 heteroatoms. The first-order valence-corrected chi connectivity index (χ1v) is 6.98. The third-order valence-electron chi connectivity index (χ3n) is 4.08. The number of halogens is 1. The number of piperazine rings is 1. The summed E-state index contributed by atoms with van der Waals surface area (Å²) in [5, 5.41) is 0. The molecule has 2 rings (SSSR count). The van der Waals surface area contributed by atoms with Gasteiger partial charge in [-0.2, -0.15) is 0 Å². The van der Waals surface area contributed by atoms with E-state index in [0.29, 0.717) is 0 Å². The second-order valence-corrected chi connectivity index (χ2v) is 5.80. The Labute approximate surface area is 115 Å². The summed E-state index contributed by atoms with van der Waals surface area (Å²) in [7, 11) is 0. The fourth-order valence-corrected chi connectivity index (χ4v) is 2.73. The van der Waals surface area contributed by atoms with Gasteiger partial charge in [-0.05, 0) is 51.1 Å². The van der Waals surface area contributed by atoms with E-state index in [4.69, 9.17) is 5.73 Å². The molecule has 3 nitrogen and oxygen atoms in total. The number of nitrogens with two attached hydrogens (primary N) is 1. The molecule has 1 heterocycles. The number of nitrogens with zero attached hydrogens (tertiary/aromatic N) is 2. The summed E-state index contributed by atoms with van der Waals surface area (Å²) in [6.45, 7) is 9.28. The highest BCUT2D eigenvalue weighted by molar-refractivity contribution is 5.46. The van der Waals surface area contributed by atoms with E-state index in [1.54, 1.807) is 0 Å². The maximum absolute atomic E-state index is 12.9. The summed E-state index contributed by atoms with van der Waals surface area (Å²) in [5.41, 5.74) is 6.96. The molecular formula is C15H24FN3. The van der Waals surface area contributed by atoms with Crippen molar-refractivity contribution < 1.29 is 4.39 Å².